The van der Waals surface area contributed by atoms with Crippen LogP contribution in [0.4, 0.5) is 0 Å². The van der Waals surface area contributed by atoms with Crippen LogP contribution in [0.1, 0.15) is 220 Å². The molecule has 0 rings (SSSR count). The van der Waals surface area contributed by atoms with E-state index in [0.29, 0.717) is 19.3 Å². The molecule has 1 unspecified atom stereocenters. The summed E-state index contributed by atoms with van der Waals surface area (Å²) in [5.41, 5.74) is 0. The van der Waals surface area contributed by atoms with Crippen LogP contribution in [0, 0.1) is 0 Å². The Morgan fingerprint density at radius 2 is 0.629 bits per heavy atom. The summed E-state index contributed by atoms with van der Waals surface area (Å²) in [5.74, 6) is -0.971. The molecule has 352 valence electrons. The zero-order valence-corrected chi connectivity index (χ0v) is 40.1. The van der Waals surface area contributed by atoms with Gasteiger partial charge in [0.1, 0.15) is 13.2 Å². The summed E-state index contributed by atoms with van der Waals surface area (Å²) in [6, 6.07) is 0. The first-order chi connectivity index (χ1) is 30.5. The molecule has 0 N–H and O–H groups in total. The van der Waals surface area contributed by atoms with Gasteiger partial charge in [-0.1, -0.05) is 182 Å². The molecule has 0 aromatic heterocycles. The molecule has 0 radical (unpaired) electrons. The third kappa shape index (κ3) is 47.4. The summed E-state index contributed by atoms with van der Waals surface area (Å²) < 4.78 is 16.7. The average Bonchev–Trinajstić information content (AvgIpc) is 3.27. The molecular weight excluding hydrogens is 769 g/mol. The van der Waals surface area contributed by atoms with Gasteiger partial charge in [0, 0.05) is 19.3 Å². The van der Waals surface area contributed by atoms with E-state index >= 15 is 0 Å². The minimum atomic E-state index is -0.804. The highest BCUT2D eigenvalue weighted by Gasteiger charge is 2.19. The van der Waals surface area contributed by atoms with Crippen LogP contribution in [0.15, 0.2) is 97.2 Å². The Balaban J connectivity index is 4.47. The van der Waals surface area contributed by atoms with Crippen LogP contribution in [-0.4, -0.2) is 37.2 Å². The SMILES string of the molecule is CC/C=C\C/C=C\C/C=C\C/C=C\C/C=C\CCCCCC(=O)OCC(COC(=O)CCCCCCC/C=C\C/C=C\CC)OC(=O)CCCCC/C=C\CCCCCCCC. The zero-order chi connectivity index (χ0) is 45.1. The van der Waals surface area contributed by atoms with E-state index in [4.69, 9.17) is 14.2 Å². The van der Waals surface area contributed by atoms with Crippen LogP contribution in [-0.2, 0) is 28.6 Å². The van der Waals surface area contributed by atoms with Gasteiger partial charge < -0.3 is 14.2 Å². The molecule has 0 amide bonds. The zero-order valence-electron chi connectivity index (χ0n) is 40.1. The second-order valence-corrected chi connectivity index (χ2v) is 16.3. The van der Waals surface area contributed by atoms with Gasteiger partial charge in [0.15, 0.2) is 6.10 Å². The highest BCUT2D eigenvalue weighted by atomic mass is 16.6. The Morgan fingerprint density at radius 3 is 1.02 bits per heavy atom. The molecule has 0 aliphatic heterocycles. The van der Waals surface area contributed by atoms with Crippen molar-refractivity contribution in [2.75, 3.05) is 13.2 Å². The van der Waals surface area contributed by atoms with Crippen LogP contribution in [0.5, 0.6) is 0 Å². The first-order valence-electron chi connectivity index (χ1n) is 25.2. The number of hydrogen-bond donors (Lipinski definition) is 0. The second kappa shape index (κ2) is 50.0. The van der Waals surface area contributed by atoms with Crippen molar-refractivity contribution in [2.45, 2.75) is 226 Å². The van der Waals surface area contributed by atoms with Gasteiger partial charge in [-0.25, -0.2) is 0 Å². The maximum absolute atomic E-state index is 12.8. The minimum absolute atomic E-state index is 0.103. The molecule has 0 aromatic rings. The Labute approximate surface area is 381 Å². The Kier molecular flexibility index (Phi) is 47.0. The molecule has 0 heterocycles. The monoisotopic (exact) mass is 861 g/mol. The van der Waals surface area contributed by atoms with Crippen molar-refractivity contribution in [1.29, 1.82) is 0 Å². The standard InChI is InChI=1S/C56H92O6/c1-4-7-10-13-16-19-22-25-26-27-28-29-30-32-34-37-40-43-46-49-55(58)61-52-53(51-60-54(57)48-45-42-39-36-33-24-21-18-15-12-9-6-3)62-56(59)50-47-44-41-38-35-31-23-20-17-14-11-8-5-2/h7,9-10,12,16,18-19,21,25-26,28-29,31-32,34-35,53H,4-6,8,11,13-15,17,20,22-24,27,30,33,36-52H2,1-3H3/b10-7-,12-9-,19-16-,21-18-,26-25-,29-28-,34-32-,35-31-. The summed E-state index contributed by atoms with van der Waals surface area (Å²) in [4.78, 5) is 37.9. The fraction of sp³-hybridized carbons (Fsp3) is 0.661. The predicted molar refractivity (Wildman–Crippen MR) is 265 cm³/mol. The molecule has 0 aliphatic carbocycles. The number of ether oxygens (including phenoxy) is 3. The number of carbonyl (C=O) groups excluding carboxylic acids is 3. The van der Waals surface area contributed by atoms with Gasteiger partial charge in [-0.05, 0) is 116 Å². The Bertz CT molecular complexity index is 1260. The highest BCUT2D eigenvalue weighted by Crippen LogP contribution is 2.12. The van der Waals surface area contributed by atoms with Gasteiger partial charge in [-0.2, -0.15) is 0 Å². The van der Waals surface area contributed by atoms with Gasteiger partial charge in [0.25, 0.3) is 0 Å². The third-order valence-electron chi connectivity index (χ3n) is 10.3. The first kappa shape index (κ1) is 58.3. The number of unbranched alkanes of at least 4 members (excludes halogenated alkanes) is 17. The van der Waals surface area contributed by atoms with Crippen molar-refractivity contribution in [2.24, 2.45) is 0 Å². The van der Waals surface area contributed by atoms with Gasteiger partial charge in [0.2, 0.25) is 0 Å². The largest absolute Gasteiger partial charge is 0.462 e. The summed E-state index contributed by atoms with van der Waals surface area (Å²) in [7, 11) is 0. The molecule has 1 atom stereocenters. The normalized spacial score (nSPS) is 12.9. The maximum Gasteiger partial charge on any atom is 0.306 e. The quantitative estimate of drug-likeness (QED) is 0.0263. The molecule has 62 heavy (non-hydrogen) atoms. The average molecular weight is 861 g/mol. The second-order valence-electron chi connectivity index (χ2n) is 16.3. The fourth-order valence-corrected chi connectivity index (χ4v) is 6.56. The topological polar surface area (TPSA) is 78.9 Å². The summed E-state index contributed by atoms with van der Waals surface area (Å²) in [5, 5.41) is 0. The number of allylic oxidation sites excluding steroid dienone is 16. The molecule has 0 aliphatic rings. The van der Waals surface area contributed by atoms with Gasteiger partial charge in [-0.15, -0.1) is 0 Å². The van der Waals surface area contributed by atoms with E-state index < -0.39 is 6.10 Å². The molecule has 6 heteroatoms. The first-order valence-corrected chi connectivity index (χ1v) is 25.2. The highest BCUT2D eigenvalue weighted by molar-refractivity contribution is 5.71. The lowest BCUT2D eigenvalue weighted by Gasteiger charge is -2.18. The van der Waals surface area contributed by atoms with Crippen molar-refractivity contribution in [3.8, 4) is 0 Å². The molecule has 0 fully saturated rings. The lowest BCUT2D eigenvalue weighted by Crippen LogP contribution is -2.30. The van der Waals surface area contributed by atoms with Crippen molar-refractivity contribution < 1.29 is 28.6 Å². The van der Waals surface area contributed by atoms with Crippen molar-refractivity contribution in [3.05, 3.63) is 97.2 Å². The number of carbonyl (C=O) groups is 3. The predicted octanol–water partition coefficient (Wildman–Crippen LogP) is 16.6. The molecule has 0 saturated carbocycles. The summed E-state index contributed by atoms with van der Waals surface area (Å²) >= 11 is 0. The fourth-order valence-electron chi connectivity index (χ4n) is 6.56. The van der Waals surface area contributed by atoms with Crippen molar-refractivity contribution in [1.82, 2.24) is 0 Å². The summed E-state index contributed by atoms with van der Waals surface area (Å²) in [6.07, 6.45) is 65.3. The van der Waals surface area contributed by atoms with Crippen LogP contribution >= 0.6 is 0 Å². The van der Waals surface area contributed by atoms with Crippen molar-refractivity contribution >= 4 is 17.9 Å². The van der Waals surface area contributed by atoms with E-state index in [9.17, 15) is 14.4 Å². The Hall–Kier alpha value is -3.67. The number of rotatable bonds is 44. The van der Waals surface area contributed by atoms with E-state index in [1.54, 1.807) is 0 Å². The van der Waals surface area contributed by atoms with Gasteiger partial charge in [-0.3, -0.25) is 14.4 Å². The maximum atomic E-state index is 12.8. The lowest BCUT2D eigenvalue weighted by molar-refractivity contribution is -0.167. The van der Waals surface area contributed by atoms with E-state index in [2.05, 4.69) is 118 Å². The summed E-state index contributed by atoms with van der Waals surface area (Å²) in [6.45, 7) is 6.34. The van der Waals surface area contributed by atoms with E-state index in [-0.39, 0.29) is 31.1 Å². The lowest BCUT2D eigenvalue weighted by atomic mass is 10.1. The van der Waals surface area contributed by atoms with Crippen molar-refractivity contribution in [3.63, 3.8) is 0 Å². The van der Waals surface area contributed by atoms with Gasteiger partial charge >= 0.3 is 17.9 Å². The third-order valence-corrected chi connectivity index (χ3v) is 10.3. The van der Waals surface area contributed by atoms with Crippen LogP contribution in [0.25, 0.3) is 0 Å². The molecule has 0 bridgehead atoms. The molecule has 6 nitrogen and oxygen atoms in total. The minimum Gasteiger partial charge on any atom is -0.462 e. The van der Waals surface area contributed by atoms with Crippen LogP contribution in [0.3, 0.4) is 0 Å². The van der Waals surface area contributed by atoms with Crippen LogP contribution < -0.4 is 0 Å². The molecule has 0 spiro atoms. The van der Waals surface area contributed by atoms with E-state index in [0.717, 1.165) is 141 Å². The van der Waals surface area contributed by atoms with E-state index in [1.807, 2.05) is 0 Å². The number of hydrogen-bond acceptors (Lipinski definition) is 6. The molecular formula is C56H92O6. The Morgan fingerprint density at radius 1 is 0.339 bits per heavy atom. The molecule has 0 saturated heterocycles. The molecule has 0 aromatic carbocycles. The van der Waals surface area contributed by atoms with E-state index in [1.165, 1.54) is 38.5 Å². The van der Waals surface area contributed by atoms with Gasteiger partial charge in [0.05, 0.1) is 0 Å². The van der Waals surface area contributed by atoms with Crippen LogP contribution in [0.2, 0.25) is 0 Å². The number of esters is 3. The smallest absolute Gasteiger partial charge is 0.306 e.